The molecule has 2 N–H and O–H groups in total. The molecule has 3 aromatic rings. The van der Waals surface area contributed by atoms with E-state index in [0.717, 1.165) is 34.5 Å². The predicted octanol–water partition coefficient (Wildman–Crippen LogP) is 4.59. The minimum atomic E-state index is 0.0509. The molecule has 0 aliphatic rings. The summed E-state index contributed by atoms with van der Waals surface area (Å²) in [6.07, 6.45) is 1.39. The van der Waals surface area contributed by atoms with E-state index in [2.05, 4.69) is 41.3 Å². The summed E-state index contributed by atoms with van der Waals surface area (Å²) in [6.45, 7) is 6.19. The Balaban J connectivity index is 1.86. The Labute approximate surface area is 136 Å². The van der Waals surface area contributed by atoms with Crippen LogP contribution in [0.2, 0.25) is 0 Å². The molecule has 0 radical (unpaired) electrons. The largest absolute Gasteiger partial charge is 0.338 e. The van der Waals surface area contributed by atoms with Crippen molar-refractivity contribution < 1.29 is 4.79 Å². The SMILES string of the molecule is CCCC(=O)Nc1ccc(-c2nc3cc(C)c(C)cc3[nH]2)cc1. The zero-order valence-corrected chi connectivity index (χ0v) is 13.7. The van der Waals surface area contributed by atoms with E-state index in [1.165, 1.54) is 11.1 Å². The van der Waals surface area contributed by atoms with Crippen molar-refractivity contribution >= 4 is 22.6 Å². The van der Waals surface area contributed by atoms with E-state index in [4.69, 9.17) is 0 Å². The van der Waals surface area contributed by atoms with Gasteiger partial charge in [0.2, 0.25) is 5.91 Å². The van der Waals surface area contributed by atoms with E-state index in [0.29, 0.717) is 6.42 Å². The highest BCUT2D eigenvalue weighted by Crippen LogP contribution is 2.24. The molecule has 2 aromatic carbocycles. The fourth-order valence-electron chi connectivity index (χ4n) is 2.57. The van der Waals surface area contributed by atoms with Crippen molar-refractivity contribution in [3.8, 4) is 11.4 Å². The maximum atomic E-state index is 11.6. The van der Waals surface area contributed by atoms with Crippen LogP contribution < -0.4 is 5.32 Å². The topological polar surface area (TPSA) is 57.8 Å². The van der Waals surface area contributed by atoms with Gasteiger partial charge in [-0.05, 0) is 67.8 Å². The average Bonchev–Trinajstić information content (AvgIpc) is 2.91. The summed E-state index contributed by atoms with van der Waals surface area (Å²) in [6, 6.07) is 12.0. The first kappa shape index (κ1) is 15.3. The van der Waals surface area contributed by atoms with Crippen LogP contribution >= 0.6 is 0 Å². The van der Waals surface area contributed by atoms with Gasteiger partial charge in [-0.1, -0.05) is 6.92 Å². The number of aromatic amines is 1. The summed E-state index contributed by atoms with van der Waals surface area (Å²) in [5, 5.41) is 2.89. The zero-order chi connectivity index (χ0) is 16.4. The molecule has 0 aliphatic carbocycles. The first-order valence-electron chi connectivity index (χ1n) is 7.94. The highest BCUT2D eigenvalue weighted by atomic mass is 16.1. The van der Waals surface area contributed by atoms with Crippen LogP contribution in [0.15, 0.2) is 36.4 Å². The van der Waals surface area contributed by atoms with Gasteiger partial charge in [-0.25, -0.2) is 4.98 Å². The normalized spacial score (nSPS) is 10.9. The number of aromatic nitrogens is 2. The Morgan fingerprint density at radius 2 is 1.83 bits per heavy atom. The summed E-state index contributed by atoms with van der Waals surface area (Å²) < 4.78 is 0. The van der Waals surface area contributed by atoms with Gasteiger partial charge in [0.15, 0.2) is 0 Å². The third kappa shape index (κ3) is 3.26. The first-order chi connectivity index (χ1) is 11.1. The lowest BCUT2D eigenvalue weighted by Gasteiger charge is -2.04. The van der Waals surface area contributed by atoms with E-state index < -0.39 is 0 Å². The van der Waals surface area contributed by atoms with E-state index in [1.54, 1.807) is 0 Å². The summed E-state index contributed by atoms with van der Waals surface area (Å²) in [5.74, 6) is 0.895. The third-order valence-corrected chi connectivity index (χ3v) is 4.02. The first-order valence-corrected chi connectivity index (χ1v) is 7.94. The van der Waals surface area contributed by atoms with Gasteiger partial charge >= 0.3 is 0 Å². The van der Waals surface area contributed by atoms with Gasteiger partial charge in [0.05, 0.1) is 11.0 Å². The second-order valence-electron chi connectivity index (χ2n) is 5.91. The van der Waals surface area contributed by atoms with E-state index in [1.807, 2.05) is 31.2 Å². The van der Waals surface area contributed by atoms with Crippen molar-refractivity contribution in [1.29, 1.82) is 0 Å². The molecular formula is C19H21N3O. The van der Waals surface area contributed by atoms with Gasteiger partial charge in [0.1, 0.15) is 5.82 Å². The molecule has 1 aromatic heterocycles. The second kappa shape index (κ2) is 6.24. The smallest absolute Gasteiger partial charge is 0.224 e. The second-order valence-corrected chi connectivity index (χ2v) is 5.91. The van der Waals surface area contributed by atoms with Crippen LogP contribution in [0.1, 0.15) is 30.9 Å². The maximum Gasteiger partial charge on any atom is 0.224 e. The molecule has 4 nitrogen and oxygen atoms in total. The van der Waals surface area contributed by atoms with Crippen LogP contribution in [0.3, 0.4) is 0 Å². The Bertz CT molecular complexity index is 808. The van der Waals surface area contributed by atoms with Gasteiger partial charge in [-0.3, -0.25) is 4.79 Å². The molecule has 0 bridgehead atoms. The summed E-state index contributed by atoms with van der Waals surface area (Å²) in [4.78, 5) is 19.6. The van der Waals surface area contributed by atoms with Crippen LogP contribution in [0, 0.1) is 13.8 Å². The van der Waals surface area contributed by atoms with Gasteiger partial charge < -0.3 is 10.3 Å². The highest BCUT2D eigenvalue weighted by molar-refractivity contribution is 5.91. The molecule has 0 aliphatic heterocycles. The summed E-state index contributed by atoms with van der Waals surface area (Å²) >= 11 is 0. The fourth-order valence-corrected chi connectivity index (χ4v) is 2.57. The number of hydrogen-bond donors (Lipinski definition) is 2. The molecule has 0 saturated heterocycles. The number of imidazole rings is 1. The number of fused-ring (bicyclic) bond motifs is 1. The van der Waals surface area contributed by atoms with Crippen molar-refractivity contribution in [2.45, 2.75) is 33.6 Å². The number of amides is 1. The number of carbonyl (C=O) groups excluding carboxylic acids is 1. The Morgan fingerprint density at radius 3 is 2.52 bits per heavy atom. The Kier molecular flexibility index (Phi) is 4.15. The zero-order valence-electron chi connectivity index (χ0n) is 13.7. The van der Waals surface area contributed by atoms with Crippen LogP contribution in [0.5, 0.6) is 0 Å². The molecule has 3 rings (SSSR count). The molecule has 118 valence electrons. The number of hydrogen-bond acceptors (Lipinski definition) is 2. The van der Waals surface area contributed by atoms with Gasteiger partial charge in [-0.15, -0.1) is 0 Å². The van der Waals surface area contributed by atoms with Crippen molar-refractivity contribution in [2.75, 3.05) is 5.32 Å². The molecule has 0 fully saturated rings. The van der Waals surface area contributed by atoms with E-state index in [-0.39, 0.29) is 5.91 Å². The molecule has 1 amide bonds. The van der Waals surface area contributed by atoms with Crippen LogP contribution in [-0.4, -0.2) is 15.9 Å². The van der Waals surface area contributed by atoms with Crippen molar-refractivity contribution in [3.63, 3.8) is 0 Å². The quantitative estimate of drug-likeness (QED) is 0.741. The lowest BCUT2D eigenvalue weighted by Crippen LogP contribution is -2.10. The fraction of sp³-hybridized carbons (Fsp3) is 0.263. The van der Waals surface area contributed by atoms with Crippen molar-refractivity contribution in [1.82, 2.24) is 9.97 Å². The third-order valence-electron chi connectivity index (χ3n) is 4.02. The molecule has 0 saturated carbocycles. The minimum Gasteiger partial charge on any atom is -0.338 e. The number of H-pyrrole nitrogens is 1. The number of rotatable bonds is 4. The molecule has 23 heavy (non-hydrogen) atoms. The Hall–Kier alpha value is -2.62. The highest BCUT2D eigenvalue weighted by Gasteiger charge is 2.07. The maximum absolute atomic E-state index is 11.6. The molecular weight excluding hydrogens is 286 g/mol. The number of benzene rings is 2. The van der Waals surface area contributed by atoms with Crippen LogP contribution in [0.4, 0.5) is 5.69 Å². The van der Waals surface area contributed by atoms with E-state index >= 15 is 0 Å². The predicted molar refractivity (Wildman–Crippen MR) is 94.5 cm³/mol. The molecule has 0 spiro atoms. The standard InChI is InChI=1S/C19H21N3O/c1-4-5-18(23)20-15-8-6-14(7-9-15)19-21-16-10-12(2)13(3)11-17(16)22-19/h6-11H,4-5H2,1-3H3,(H,20,23)(H,21,22). The van der Waals surface area contributed by atoms with Crippen LogP contribution in [-0.2, 0) is 4.79 Å². The van der Waals surface area contributed by atoms with Gasteiger partial charge in [-0.2, -0.15) is 0 Å². The van der Waals surface area contributed by atoms with E-state index in [9.17, 15) is 4.79 Å². The van der Waals surface area contributed by atoms with Crippen molar-refractivity contribution in [3.05, 3.63) is 47.5 Å². The lowest BCUT2D eigenvalue weighted by atomic mass is 10.1. The molecule has 4 heteroatoms. The number of aryl methyl sites for hydroxylation is 2. The number of nitrogens with zero attached hydrogens (tertiary/aromatic N) is 1. The average molecular weight is 307 g/mol. The monoisotopic (exact) mass is 307 g/mol. The van der Waals surface area contributed by atoms with Gasteiger partial charge in [0.25, 0.3) is 0 Å². The minimum absolute atomic E-state index is 0.0509. The number of nitrogens with one attached hydrogen (secondary N) is 2. The summed E-state index contributed by atoms with van der Waals surface area (Å²) in [5.41, 5.74) is 6.33. The van der Waals surface area contributed by atoms with Gasteiger partial charge in [0, 0.05) is 17.7 Å². The van der Waals surface area contributed by atoms with Crippen molar-refractivity contribution in [2.24, 2.45) is 0 Å². The number of anilines is 1. The molecule has 0 unspecified atom stereocenters. The molecule has 0 atom stereocenters. The number of carbonyl (C=O) groups is 1. The van der Waals surface area contributed by atoms with Crippen LogP contribution in [0.25, 0.3) is 22.4 Å². The molecule has 1 heterocycles. The lowest BCUT2D eigenvalue weighted by molar-refractivity contribution is -0.116. The summed E-state index contributed by atoms with van der Waals surface area (Å²) in [7, 11) is 0. The Morgan fingerprint density at radius 1 is 1.13 bits per heavy atom.